The summed E-state index contributed by atoms with van der Waals surface area (Å²) in [6.07, 6.45) is -4.77. The summed E-state index contributed by atoms with van der Waals surface area (Å²) in [4.78, 5) is 10.9. The molecule has 0 amide bonds. The summed E-state index contributed by atoms with van der Waals surface area (Å²) >= 11 is 0. The third-order valence-electron chi connectivity index (χ3n) is 2.79. The van der Waals surface area contributed by atoms with Gasteiger partial charge < -0.3 is 10.4 Å². The van der Waals surface area contributed by atoms with Gasteiger partial charge in [-0.15, -0.1) is 0 Å². The monoisotopic (exact) mass is 293 g/mol. The maximum absolute atomic E-state index is 13.1. The maximum atomic E-state index is 13.1. The van der Waals surface area contributed by atoms with Crippen LogP contribution in [0.4, 0.5) is 17.6 Å². The Morgan fingerprint density at radius 2 is 1.95 bits per heavy atom. The molecule has 0 aliphatic carbocycles. The van der Waals surface area contributed by atoms with Crippen LogP contribution in [-0.2, 0) is 17.5 Å². The summed E-state index contributed by atoms with van der Waals surface area (Å²) in [7, 11) is 0. The SMILES string of the molecule is CC(C)C(NCc1ccc(F)c(C(F)(F)F)c1)C(=O)O. The van der Waals surface area contributed by atoms with E-state index in [1.54, 1.807) is 13.8 Å². The fourth-order valence-corrected chi connectivity index (χ4v) is 1.74. The summed E-state index contributed by atoms with van der Waals surface area (Å²) in [6, 6.07) is 1.72. The molecule has 1 aromatic rings. The van der Waals surface area contributed by atoms with Crippen LogP contribution in [0, 0.1) is 11.7 Å². The molecule has 0 heterocycles. The molecule has 20 heavy (non-hydrogen) atoms. The lowest BCUT2D eigenvalue weighted by molar-refractivity contribution is -0.141. The van der Waals surface area contributed by atoms with Crippen molar-refractivity contribution in [1.82, 2.24) is 5.32 Å². The van der Waals surface area contributed by atoms with Gasteiger partial charge in [-0.2, -0.15) is 13.2 Å². The van der Waals surface area contributed by atoms with E-state index in [4.69, 9.17) is 5.11 Å². The van der Waals surface area contributed by atoms with Crippen LogP contribution >= 0.6 is 0 Å². The van der Waals surface area contributed by atoms with Gasteiger partial charge in [0.1, 0.15) is 11.9 Å². The number of aliphatic carboxylic acids is 1. The Bertz CT molecular complexity index is 486. The van der Waals surface area contributed by atoms with Crippen molar-refractivity contribution in [1.29, 1.82) is 0 Å². The zero-order valence-corrected chi connectivity index (χ0v) is 11.0. The zero-order valence-electron chi connectivity index (χ0n) is 11.0. The minimum atomic E-state index is -4.77. The first-order valence-corrected chi connectivity index (χ1v) is 5.94. The Morgan fingerprint density at radius 3 is 2.40 bits per heavy atom. The predicted octanol–water partition coefficient (Wildman–Crippen LogP) is 3.04. The molecule has 0 aromatic heterocycles. The van der Waals surface area contributed by atoms with E-state index in [-0.39, 0.29) is 18.0 Å². The van der Waals surface area contributed by atoms with Crippen molar-refractivity contribution in [3.8, 4) is 0 Å². The lowest BCUT2D eigenvalue weighted by Gasteiger charge is -2.18. The highest BCUT2D eigenvalue weighted by Crippen LogP contribution is 2.31. The highest BCUT2D eigenvalue weighted by Gasteiger charge is 2.34. The predicted molar refractivity (Wildman–Crippen MR) is 64.5 cm³/mol. The molecule has 0 saturated carbocycles. The average Bonchev–Trinajstić information content (AvgIpc) is 2.28. The first-order valence-electron chi connectivity index (χ1n) is 5.94. The van der Waals surface area contributed by atoms with E-state index in [2.05, 4.69) is 5.32 Å². The highest BCUT2D eigenvalue weighted by molar-refractivity contribution is 5.73. The minimum Gasteiger partial charge on any atom is -0.480 e. The van der Waals surface area contributed by atoms with Gasteiger partial charge in [-0.1, -0.05) is 19.9 Å². The van der Waals surface area contributed by atoms with Crippen LogP contribution in [0.25, 0.3) is 0 Å². The number of carboxylic acid groups (broad SMARTS) is 1. The normalized spacial score (nSPS) is 13.6. The smallest absolute Gasteiger partial charge is 0.419 e. The van der Waals surface area contributed by atoms with Crippen LogP contribution < -0.4 is 5.32 Å². The van der Waals surface area contributed by atoms with Crippen LogP contribution in [-0.4, -0.2) is 17.1 Å². The largest absolute Gasteiger partial charge is 0.480 e. The van der Waals surface area contributed by atoms with E-state index in [0.717, 1.165) is 6.07 Å². The lowest BCUT2D eigenvalue weighted by Crippen LogP contribution is -2.40. The molecule has 0 aliphatic rings. The van der Waals surface area contributed by atoms with Crippen LogP contribution in [0.2, 0.25) is 0 Å². The number of nitrogens with one attached hydrogen (secondary N) is 1. The number of halogens is 4. The van der Waals surface area contributed by atoms with Crippen molar-refractivity contribution in [2.45, 2.75) is 32.6 Å². The number of benzene rings is 1. The molecule has 7 heteroatoms. The van der Waals surface area contributed by atoms with Crippen molar-refractivity contribution in [2.75, 3.05) is 0 Å². The van der Waals surface area contributed by atoms with Gasteiger partial charge in [0.05, 0.1) is 5.56 Å². The molecular formula is C13H15F4NO2. The van der Waals surface area contributed by atoms with Crippen LogP contribution in [0.15, 0.2) is 18.2 Å². The molecule has 112 valence electrons. The third-order valence-corrected chi connectivity index (χ3v) is 2.79. The van der Waals surface area contributed by atoms with E-state index in [0.29, 0.717) is 6.07 Å². The second-order valence-electron chi connectivity index (χ2n) is 4.75. The highest BCUT2D eigenvalue weighted by atomic mass is 19.4. The first-order chi connectivity index (χ1) is 9.12. The van der Waals surface area contributed by atoms with Crippen LogP contribution in [0.5, 0.6) is 0 Å². The van der Waals surface area contributed by atoms with E-state index in [1.165, 1.54) is 6.07 Å². The topological polar surface area (TPSA) is 49.3 Å². The van der Waals surface area contributed by atoms with Gasteiger partial charge in [0.2, 0.25) is 0 Å². The van der Waals surface area contributed by atoms with Gasteiger partial charge in [-0.05, 0) is 23.6 Å². The van der Waals surface area contributed by atoms with Crippen molar-refractivity contribution in [2.24, 2.45) is 5.92 Å². The molecule has 0 saturated heterocycles. The summed E-state index contributed by atoms with van der Waals surface area (Å²) in [5, 5.41) is 11.6. The second kappa shape index (κ2) is 6.21. The number of carbonyl (C=O) groups is 1. The van der Waals surface area contributed by atoms with Gasteiger partial charge in [0, 0.05) is 6.54 Å². The number of hydrogen-bond acceptors (Lipinski definition) is 2. The molecule has 3 nitrogen and oxygen atoms in total. The van der Waals surface area contributed by atoms with Crippen molar-refractivity contribution in [3.63, 3.8) is 0 Å². The lowest BCUT2D eigenvalue weighted by atomic mass is 10.0. The second-order valence-corrected chi connectivity index (χ2v) is 4.75. The van der Waals surface area contributed by atoms with E-state index >= 15 is 0 Å². The van der Waals surface area contributed by atoms with E-state index in [9.17, 15) is 22.4 Å². The Balaban J connectivity index is 2.87. The zero-order chi connectivity index (χ0) is 15.5. The summed E-state index contributed by atoms with van der Waals surface area (Å²) in [6.45, 7) is 3.27. The standard InChI is InChI=1S/C13H15F4NO2/c1-7(2)11(12(19)20)18-6-8-3-4-10(14)9(5-8)13(15,16)17/h3-5,7,11,18H,6H2,1-2H3,(H,19,20). The first kappa shape index (κ1) is 16.4. The Morgan fingerprint density at radius 1 is 1.35 bits per heavy atom. The van der Waals surface area contributed by atoms with E-state index in [1.807, 2.05) is 0 Å². The molecule has 1 unspecified atom stereocenters. The Hall–Kier alpha value is -1.63. The fourth-order valence-electron chi connectivity index (χ4n) is 1.74. The number of rotatable bonds is 5. The molecule has 1 aromatic carbocycles. The van der Waals surface area contributed by atoms with Crippen LogP contribution in [0.3, 0.4) is 0 Å². The van der Waals surface area contributed by atoms with E-state index < -0.39 is 29.6 Å². The third kappa shape index (κ3) is 4.19. The molecule has 0 aliphatic heterocycles. The summed E-state index contributed by atoms with van der Waals surface area (Å²) in [5.74, 6) is -2.66. The molecule has 0 bridgehead atoms. The molecule has 0 radical (unpaired) electrons. The molecular weight excluding hydrogens is 278 g/mol. The molecule has 0 fully saturated rings. The molecule has 1 rings (SSSR count). The Labute approximate surface area is 113 Å². The average molecular weight is 293 g/mol. The Kier molecular flexibility index (Phi) is 5.10. The van der Waals surface area contributed by atoms with Gasteiger partial charge in [-0.3, -0.25) is 4.79 Å². The summed E-state index contributed by atoms with van der Waals surface area (Å²) < 4.78 is 50.7. The summed E-state index contributed by atoms with van der Waals surface area (Å²) in [5.41, 5.74) is -1.18. The van der Waals surface area contributed by atoms with Gasteiger partial charge in [-0.25, -0.2) is 4.39 Å². The minimum absolute atomic E-state index is 0.0848. The van der Waals surface area contributed by atoms with Crippen LogP contribution in [0.1, 0.15) is 25.0 Å². The van der Waals surface area contributed by atoms with Gasteiger partial charge in [0.25, 0.3) is 0 Å². The number of hydrogen-bond donors (Lipinski definition) is 2. The van der Waals surface area contributed by atoms with Crippen molar-refractivity contribution >= 4 is 5.97 Å². The van der Waals surface area contributed by atoms with Crippen molar-refractivity contribution in [3.05, 3.63) is 35.1 Å². The van der Waals surface area contributed by atoms with Gasteiger partial charge >= 0.3 is 12.1 Å². The molecule has 2 N–H and O–H groups in total. The van der Waals surface area contributed by atoms with Gasteiger partial charge in [0.15, 0.2) is 0 Å². The van der Waals surface area contributed by atoms with Crippen molar-refractivity contribution < 1.29 is 27.5 Å². The molecule has 1 atom stereocenters. The quantitative estimate of drug-likeness (QED) is 0.820. The molecule has 0 spiro atoms. The number of carboxylic acids is 1. The number of alkyl halides is 3. The maximum Gasteiger partial charge on any atom is 0.419 e. The fraction of sp³-hybridized carbons (Fsp3) is 0.462.